The van der Waals surface area contributed by atoms with Gasteiger partial charge < -0.3 is 14.4 Å². The second-order valence-electron chi connectivity index (χ2n) is 7.27. The van der Waals surface area contributed by atoms with Crippen LogP contribution in [-0.4, -0.2) is 44.0 Å². The van der Waals surface area contributed by atoms with Crippen molar-refractivity contribution in [3.63, 3.8) is 0 Å². The fourth-order valence-electron chi connectivity index (χ4n) is 3.65. The summed E-state index contributed by atoms with van der Waals surface area (Å²) in [4.78, 5) is 29.7. The van der Waals surface area contributed by atoms with Gasteiger partial charge in [0, 0.05) is 12.7 Å². The molecule has 0 atom stereocenters. The standard InChI is InChI=1S/C26H24N2O4/c1-27(20-11-7-4-8-12-20)24-23(19-9-5-3-6-10-19)25(29)28(26(24)30)17-18-32-22-15-13-21(31-2)14-16-22/h3-16H,17-18H2,1-2H3. The number of rotatable bonds is 8. The van der Waals surface area contributed by atoms with E-state index in [1.165, 1.54) is 4.90 Å². The Labute approximate surface area is 187 Å². The molecule has 0 N–H and O–H groups in total. The van der Waals surface area contributed by atoms with Crippen molar-refractivity contribution in [2.75, 3.05) is 32.2 Å². The summed E-state index contributed by atoms with van der Waals surface area (Å²) >= 11 is 0. The number of anilines is 1. The van der Waals surface area contributed by atoms with Crippen molar-refractivity contribution >= 4 is 23.1 Å². The highest BCUT2D eigenvalue weighted by molar-refractivity contribution is 6.36. The minimum atomic E-state index is -0.335. The van der Waals surface area contributed by atoms with Gasteiger partial charge in [-0.25, -0.2) is 0 Å². The molecular formula is C26H24N2O4. The number of nitrogens with zero attached hydrogens (tertiary/aromatic N) is 2. The lowest BCUT2D eigenvalue weighted by molar-refractivity contribution is -0.137. The molecule has 1 aliphatic rings. The molecular weight excluding hydrogens is 404 g/mol. The molecule has 0 unspecified atom stereocenters. The Morgan fingerprint density at radius 1 is 0.781 bits per heavy atom. The number of carbonyl (C=O) groups is 2. The van der Waals surface area contributed by atoms with Gasteiger partial charge in [-0.1, -0.05) is 48.5 Å². The molecule has 0 saturated carbocycles. The molecule has 1 heterocycles. The lowest BCUT2D eigenvalue weighted by Gasteiger charge is -2.21. The molecule has 1 aliphatic heterocycles. The number of imide groups is 1. The van der Waals surface area contributed by atoms with E-state index < -0.39 is 0 Å². The number of carbonyl (C=O) groups excluding carboxylic acids is 2. The molecule has 0 radical (unpaired) electrons. The number of ether oxygens (including phenoxy) is 2. The third kappa shape index (κ3) is 4.21. The SMILES string of the molecule is COc1ccc(OCCN2C(=O)C(c3ccccc3)=C(N(C)c3ccccc3)C2=O)cc1. The van der Waals surface area contributed by atoms with Gasteiger partial charge in [-0.2, -0.15) is 0 Å². The van der Waals surface area contributed by atoms with Crippen molar-refractivity contribution in [2.24, 2.45) is 0 Å². The van der Waals surface area contributed by atoms with E-state index in [0.717, 1.165) is 11.4 Å². The van der Waals surface area contributed by atoms with Crippen LogP contribution in [0.25, 0.3) is 5.57 Å². The third-order valence-electron chi connectivity index (χ3n) is 5.33. The number of para-hydroxylation sites is 1. The Kier molecular flexibility index (Phi) is 6.22. The van der Waals surface area contributed by atoms with Crippen LogP contribution in [0.1, 0.15) is 5.56 Å². The number of hydrogen-bond donors (Lipinski definition) is 0. The van der Waals surface area contributed by atoms with Crippen LogP contribution in [0, 0.1) is 0 Å². The maximum Gasteiger partial charge on any atom is 0.278 e. The molecule has 6 heteroatoms. The number of benzene rings is 3. The van der Waals surface area contributed by atoms with Crippen molar-refractivity contribution in [1.82, 2.24) is 4.90 Å². The summed E-state index contributed by atoms with van der Waals surface area (Å²) in [5.41, 5.74) is 2.29. The predicted octanol–water partition coefficient (Wildman–Crippen LogP) is 3.99. The number of hydrogen-bond acceptors (Lipinski definition) is 5. The third-order valence-corrected chi connectivity index (χ3v) is 5.33. The van der Waals surface area contributed by atoms with Crippen molar-refractivity contribution in [3.8, 4) is 11.5 Å². The van der Waals surface area contributed by atoms with Gasteiger partial charge in [0.15, 0.2) is 0 Å². The monoisotopic (exact) mass is 428 g/mol. The van der Waals surface area contributed by atoms with Crippen LogP contribution in [0.5, 0.6) is 11.5 Å². The minimum absolute atomic E-state index is 0.145. The predicted molar refractivity (Wildman–Crippen MR) is 123 cm³/mol. The lowest BCUT2D eigenvalue weighted by Crippen LogP contribution is -2.37. The molecule has 3 aromatic rings. The van der Waals surface area contributed by atoms with E-state index in [1.807, 2.05) is 60.7 Å². The van der Waals surface area contributed by atoms with Crippen molar-refractivity contribution < 1.29 is 19.1 Å². The second kappa shape index (κ2) is 9.39. The molecule has 4 rings (SSSR count). The van der Waals surface area contributed by atoms with Crippen molar-refractivity contribution in [3.05, 3.63) is 96.2 Å². The molecule has 0 aromatic heterocycles. The molecule has 0 fully saturated rings. The van der Waals surface area contributed by atoms with Crippen LogP contribution in [0.15, 0.2) is 90.6 Å². The Balaban J connectivity index is 1.57. The molecule has 0 aliphatic carbocycles. The van der Waals surface area contributed by atoms with Crippen LogP contribution < -0.4 is 14.4 Å². The average Bonchev–Trinajstić information content (AvgIpc) is 3.10. The second-order valence-corrected chi connectivity index (χ2v) is 7.27. The summed E-state index contributed by atoms with van der Waals surface area (Å²) in [6.45, 7) is 0.334. The van der Waals surface area contributed by atoms with Crippen LogP contribution in [-0.2, 0) is 9.59 Å². The molecule has 0 spiro atoms. The van der Waals surface area contributed by atoms with Gasteiger partial charge >= 0.3 is 0 Å². The van der Waals surface area contributed by atoms with Gasteiger partial charge in [0.05, 0.1) is 19.2 Å². The highest BCUT2D eigenvalue weighted by Crippen LogP contribution is 2.33. The summed E-state index contributed by atoms with van der Waals surface area (Å²) in [5.74, 6) is 0.714. The quantitative estimate of drug-likeness (QED) is 0.508. The first-order chi connectivity index (χ1) is 15.6. The van der Waals surface area contributed by atoms with Crippen LogP contribution in [0.2, 0.25) is 0 Å². The number of likely N-dealkylation sites (N-methyl/N-ethyl adjacent to an activating group) is 1. The van der Waals surface area contributed by atoms with Gasteiger partial charge in [0.2, 0.25) is 0 Å². The van der Waals surface area contributed by atoms with E-state index in [2.05, 4.69) is 0 Å². The molecule has 32 heavy (non-hydrogen) atoms. The van der Waals surface area contributed by atoms with E-state index in [1.54, 1.807) is 43.3 Å². The maximum atomic E-state index is 13.4. The number of methoxy groups -OCH3 is 1. The molecule has 3 aromatic carbocycles. The van der Waals surface area contributed by atoms with Crippen molar-refractivity contribution in [2.45, 2.75) is 0 Å². The average molecular weight is 428 g/mol. The molecule has 6 nitrogen and oxygen atoms in total. The zero-order chi connectivity index (χ0) is 22.5. The smallest absolute Gasteiger partial charge is 0.278 e. The fourth-order valence-corrected chi connectivity index (χ4v) is 3.65. The Bertz CT molecular complexity index is 1130. The van der Waals surface area contributed by atoms with Gasteiger partial charge in [-0.15, -0.1) is 0 Å². The van der Waals surface area contributed by atoms with Gasteiger partial charge in [-0.05, 0) is 42.0 Å². The highest BCUT2D eigenvalue weighted by Gasteiger charge is 2.40. The minimum Gasteiger partial charge on any atom is -0.497 e. The van der Waals surface area contributed by atoms with E-state index in [-0.39, 0.29) is 25.0 Å². The summed E-state index contributed by atoms with van der Waals surface area (Å²) in [5, 5.41) is 0. The molecule has 162 valence electrons. The zero-order valence-corrected chi connectivity index (χ0v) is 18.0. The fraction of sp³-hybridized carbons (Fsp3) is 0.154. The van der Waals surface area contributed by atoms with Crippen LogP contribution >= 0.6 is 0 Å². The van der Waals surface area contributed by atoms with E-state index >= 15 is 0 Å². The lowest BCUT2D eigenvalue weighted by atomic mass is 10.0. The maximum absolute atomic E-state index is 13.4. The summed E-state index contributed by atoms with van der Waals surface area (Å²) in [6, 6.07) is 26.0. The largest absolute Gasteiger partial charge is 0.497 e. The van der Waals surface area contributed by atoms with Crippen molar-refractivity contribution in [1.29, 1.82) is 0 Å². The highest BCUT2D eigenvalue weighted by atomic mass is 16.5. The first-order valence-electron chi connectivity index (χ1n) is 10.3. The Hall–Kier alpha value is -4.06. The Morgan fingerprint density at radius 3 is 2.00 bits per heavy atom. The first-order valence-corrected chi connectivity index (χ1v) is 10.3. The molecule has 0 bridgehead atoms. The summed E-state index contributed by atoms with van der Waals surface area (Å²) < 4.78 is 10.9. The van der Waals surface area contributed by atoms with Gasteiger partial charge in [0.25, 0.3) is 11.8 Å². The topological polar surface area (TPSA) is 59.1 Å². The van der Waals surface area contributed by atoms with E-state index in [0.29, 0.717) is 22.6 Å². The van der Waals surface area contributed by atoms with E-state index in [4.69, 9.17) is 9.47 Å². The van der Waals surface area contributed by atoms with Crippen LogP contribution in [0.4, 0.5) is 5.69 Å². The first kappa shape index (κ1) is 21.2. The number of amides is 2. The summed E-state index contributed by atoms with van der Waals surface area (Å²) in [7, 11) is 3.40. The molecule has 2 amide bonds. The van der Waals surface area contributed by atoms with E-state index in [9.17, 15) is 9.59 Å². The van der Waals surface area contributed by atoms with Gasteiger partial charge in [0.1, 0.15) is 23.8 Å². The van der Waals surface area contributed by atoms with Gasteiger partial charge in [-0.3, -0.25) is 14.5 Å². The summed E-state index contributed by atoms with van der Waals surface area (Å²) in [6.07, 6.45) is 0. The zero-order valence-electron chi connectivity index (χ0n) is 18.0. The van der Waals surface area contributed by atoms with Crippen LogP contribution in [0.3, 0.4) is 0 Å². The molecule has 0 saturated heterocycles. The Morgan fingerprint density at radius 2 is 1.38 bits per heavy atom. The normalized spacial score (nSPS) is 13.5.